The normalized spacial score (nSPS) is 18.7. The van der Waals surface area contributed by atoms with Crippen molar-refractivity contribution in [2.24, 2.45) is 5.92 Å². The zero-order chi connectivity index (χ0) is 21.2. The number of benzene rings is 2. The summed E-state index contributed by atoms with van der Waals surface area (Å²) in [6.45, 7) is 2.30. The van der Waals surface area contributed by atoms with Crippen LogP contribution in [0.1, 0.15) is 60.4 Å². The molecule has 2 heterocycles. The molecule has 0 saturated heterocycles. The summed E-state index contributed by atoms with van der Waals surface area (Å²) in [6, 6.07) is 14.7. The lowest BCUT2D eigenvalue weighted by molar-refractivity contribution is 0.103. The number of para-hydroxylation sites is 2. The molecule has 0 amide bonds. The van der Waals surface area contributed by atoms with Crippen LogP contribution in [0.25, 0.3) is 11.0 Å². The van der Waals surface area contributed by atoms with Crippen LogP contribution in [0.5, 0.6) is 11.6 Å². The Kier molecular flexibility index (Phi) is 5.20. The highest BCUT2D eigenvalue weighted by molar-refractivity contribution is 6.08. The molecule has 0 spiro atoms. The molecule has 1 saturated carbocycles. The van der Waals surface area contributed by atoms with Crippen molar-refractivity contribution in [2.45, 2.75) is 38.5 Å². The van der Waals surface area contributed by atoms with Crippen LogP contribution in [0.2, 0.25) is 0 Å². The molecule has 1 aliphatic rings. The molecule has 2 aromatic heterocycles. The van der Waals surface area contributed by atoms with Gasteiger partial charge in [-0.25, -0.2) is 9.97 Å². The minimum atomic E-state index is -0.153. The summed E-state index contributed by atoms with van der Waals surface area (Å²) in [5.41, 5.74) is 3.10. The van der Waals surface area contributed by atoms with Gasteiger partial charge in [0.2, 0.25) is 11.7 Å². The van der Waals surface area contributed by atoms with Crippen LogP contribution >= 0.6 is 0 Å². The van der Waals surface area contributed by atoms with Crippen molar-refractivity contribution in [3.05, 3.63) is 78.0 Å². The Morgan fingerprint density at radius 1 is 0.968 bits per heavy atom. The Bertz CT molecular complexity index is 1170. The molecule has 0 aliphatic heterocycles. The number of carbonyl (C=O) groups is 1. The molecule has 0 bridgehead atoms. The van der Waals surface area contributed by atoms with E-state index in [1.54, 1.807) is 36.7 Å². The van der Waals surface area contributed by atoms with Crippen LogP contribution in [0, 0.1) is 5.92 Å². The third kappa shape index (κ3) is 4.06. The quantitative estimate of drug-likeness (QED) is 0.427. The lowest BCUT2D eigenvalue weighted by atomic mass is 9.81. The van der Waals surface area contributed by atoms with Crippen LogP contribution in [0.15, 0.2) is 60.9 Å². The van der Waals surface area contributed by atoms with E-state index in [0.717, 1.165) is 35.5 Å². The fraction of sp³-hybridized carbons (Fsp3) is 0.280. The monoisotopic (exact) mass is 412 g/mol. The maximum Gasteiger partial charge on any atom is 0.241 e. The van der Waals surface area contributed by atoms with Crippen LogP contribution < -0.4 is 4.74 Å². The molecule has 1 fully saturated rings. The van der Waals surface area contributed by atoms with E-state index in [-0.39, 0.29) is 5.78 Å². The van der Waals surface area contributed by atoms with Crippen LogP contribution in [0.4, 0.5) is 0 Å². The van der Waals surface area contributed by atoms with Gasteiger partial charge >= 0.3 is 0 Å². The Labute approximate surface area is 180 Å². The number of ketones is 1. The second kappa shape index (κ2) is 8.30. The van der Waals surface area contributed by atoms with E-state index >= 15 is 0 Å². The second-order valence-electron chi connectivity index (χ2n) is 8.26. The summed E-state index contributed by atoms with van der Waals surface area (Å²) in [7, 11) is 0. The van der Waals surface area contributed by atoms with Gasteiger partial charge in [-0.15, -0.1) is 0 Å². The third-order valence-electron chi connectivity index (χ3n) is 6.03. The van der Waals surface area contributed by atoms with Gasteiger partial charge in [0.1, 0.15) is 11.4 Å². The van der Waals surface area contributed by atoms with Gasteiger partial charge in [-0.3, -0.25) is 9.78 Å². The Morgan fingerprint density at radius 2 is 1.71 bits per heavy atom. The van der Waals surface area contributed by atoms with Crippen molar-refractivity contribution in [1.29, 1.82) is 0 Å². The number of fused-ring (bicyclic) bond motifs is 1. The molecule has 5 rings (SSSR count). The molecule has 2 aromatic carbocycles. The van der Waals surface area contributed by atoms with Gasteiger partial charge in [0, 0.05) is 23.9 Å². The number of aromatic nitrogens is 4. The minimum Gasteiger partial charge on any atom is -0.437 e. The van der Waals surface area contributed by atoms with Gasteiger partial charge in [-0.1, -0.05) is 31.9 Å². The van der Waals surface area contributed by atoms with Crippen LogP contribution in [-0.4, -0.2) is 25.7 Å². The molecule has 4 aromatic rings. The molecule has 1 N–H and O–H groups in total. The number of imidazole rings is 1. The van der Waals surface area contributed by atoms with Gasteiger partial charge in [0.15, 0.2) is 5.82 Å². The second-order valence-corrected chi connectivity index (χ2v) is 8.26. The number of nitrogens with zero attached hydrogens (tertiary/aromatic N) is 3. The zero-order valence-electron chi connectivity index (χ0n) is 17.4. The van der Waals surface area contributed by atoms with E-state index in [1.807, 2.05) is 24.3 Å². The number of aromatic amines is 1. The summed E-state index contributed by atoms with van der Waals surface area (Å²) < 4.78 is 6.07. The largest absolute Gasteiger partial charge is 0.437 e. The van der Waals surface area contributed by atoms with Crippen molar-refractivity contribution in [1.82, 2.24) is 19.9 Å². The van der Waals surface area contributed by atoms with Crippen molar-refractivity contribution in [3.63, 3.8) is 0 Å². The average molecular weight is 412 g/mol. The minimum absolute atomic E-state index is 0.153. The fourth-order valence-corrected chi connectivity index (χ4v) is 4.21. The summed E-state index contributed by atoms with van der Waals surface area (Å²) in [6.07, 6.45) is 8.03. The van der Waals surface area contributed by atoms with E-state index < -0.39 is 0 Å². The fourth-order valence-electron chi connectivity index (χ4n) is 4.21. The average Bonchev–Trinajstić information content (AvgIpc) is 3.25. The van der Waals surface area contributed by atoms with Gasteiger partial charge in [-0.05, 0) is 55.2 Å². The van der Waals surface area contributed by atoms with Gasteiger partial charge in [-0.2, -0.15) is 0 Å². The van der Waals surface area contributed by atoms with E-state index in [4.69, 9.17) is 4.74 Å². The van der Waals surface area contributed by atoms with E-state index in [9.17, 15) is 4.79 Å². The summed E-state index contributed by atoms with van der Waals surface area (Å²) >= 11 is 0. The molecule has 156 valence electrons. The summed E-state index contributed by atoms with van der Waals surface area (Å²) in [5, 5.41) is 0. The molecular weight excluding hydrogens is 388 g/mol. The molecule has 0 atom stereocenters. The smallest absolute Gasteiger partial charge is 0.241 e. The van der Waals surface area contributed by atoms with Crippen molar-refractivity contribution < 1.29 is 9.53 Å². The first-order valence-corrected chi connectivity index (χ1v) is 10.8. The summed E-state index contributed by atoms with van der Waals surface area (Å²) in [4.78, 5) is 29.3. The van der Waals surface area contributed by atoms with Crippen molar-refractivity contribution in [2.75, 3.05) is 0 Å². The summed E-state index contributed by atoms with van der Waals surface area (Å²) in [5.74, 6) is 2.52. The van der Waals surface area contributed by atoms with Gasteiger partial charge < -0.3 is 9.72 Å². The van der Waals surface area contributed by atoms with E-state index in [1.165, 1.54) is 12.8 Å². The van der Waals surface area contributed by atoms with Crippen LogP contribution in [0.3, 0.4) is 0 Å². The lowest BCUT2D eigenvalue weighted by Gasteiger charge is -2.26. The number of hydrogen-bond donors (Lipinski definition) is 1. The number of hydrogen-bond acceptors (Lipinski definition) is 5. The maximum atomic E-state index is 12.8. The molecule has 0 radical (unpaired) electrons. The molecule has 1 aliphatic carbocycles. The van der Waals surface area contributed by atoms with Crippen molar-refractivity contribution in [3.8, 4) is 11.6 Å². The number of ether oxygens (including phenoxy) is 1. The highest BCUT2D eigenvalue weighted by atomic mass is 16.5. The predicted octanol–water partition coefficient (Wildman–Crippen LogP) is 5.67. The Balaban J connectivity index is 1.33. The van der Waals surface area contributed by atoms with E-state index in [0.29, 0.717) is 28.9 Å². The van der Waals surface area contributed by atoms with Gasteiger partial charge in [0.25, 0.3) is 0 Å². The van der Waals surface area contributed by atoms with Crippen molar-refractivity contribution >= 4 is 16.8 Å². The van der Waals surface area contributed by atoms with E-state index in [2.05, 4.69) is 26.9 Å². The first kappa shape index (κ1) is 19.4. The van der Waals surface area contributed by atoms with Crippen LogP contribution in [-0.2, 0) is 0 Å². The maximum absolute atomic E-state index is 12.8. The molecule has 6 heteroatoms. The molecule has 6 nitrogen and oxygen atoms in total. The first-order valence-electron chi connectivity index (χ1n) is 10.8. The Hall–Kier alpha value is -3.54. The number of carbonyl (C=O) groups excluding carboxylic acids is 1. The SMILES string of the molecule is C[C@H]1CC[C@@H](c2nccnc2Oc2ccc(C(=O)c3nc4ccccc4[nH]3)cc2)CC1. The number of H-pyrrole nitrogens is 1. The number of nitrogens with one attached hydrogen (secondary N) is 1. The lowest BCUT2D eigenvalue weighted by Crippen LogP contribution is -2.13. The molecule has 31 heavy (non-hydrogen) atoms. The highest BCUT2D eigenvalue weighted by Crippen LogP contribution is 2.38. The Morgan fingerprint density at radius 3 is 2.48 bits per heavy atom. The highest BCUT2D eigenvalue weighted by Gasteiger charge is 2.24. The molecular formula is C25H24N4O2. The molecule has 0 unspecified atom stereocenters. The standard InChI is InChI=1S/C25H24N4O2/c1-16-6-8-17(9-7-16)22-25(27-15-14-26-22)31-19-12-10-18(11-13-19)23(30)24-28-20-4-2-3-5-21(20)29-24/h2-5,10-17H,6-9H2,1H3,(H,28,29)/t16-,17+. The zero-order valence-corrected chi connectivity index (χ0v) is 17.4. The predicted molar refractivity (Wildman–Crippen MR) is 118 cm³/mol. The first-order chi connectivity index (χ1) is 15.2. The number of rotatable bonds is 5. The van der Waals surface area contributed by atoms with Gasteiger partial charge in [0.05, 0.1) is 11.0 Å². The third-order valence-corrected chi connectivity index (χ3v) is 6.03. The topological polar surface area (TPSA) is 80.8 Å².